The van der Waals surface area contributed by atoms with Crippen LogP contribution in [-0.4, -0.2) is 48.6 Å². The summed E-state index contributed by atoms with van der Waals surface area (Å²) in [4.78, 5) is 2.61. The van der Waals surface area contributed by atoms with Crippen LogP contribution in [0, 0.1) is 11.8 Å². The molecule has 3 heteroatoms. The lowest BCUT2D eigenvalue weighted by Gasteiger charge is -2.43. The van der Waals surface area contributed by atoms with Crippen LogP contribution in [0.2, 0.25) is 0 Å². The van der Waals surface area contributed by atoms with Gasteiger partial charge in [-0.1, -0.05) is 26.7 Å². The molecule has 1 heterocycles. The Morgan fingerprint density at radius 2 is 2.00 bits per heavy atom. The highest BCUT2D eigenvalue weighted by molar-refractivity contribution is 7.99. The molecule has 2 fully saturated rings. The predicted octanol–water partition coefficient (Wildman–Crippen LogP) is 3.23. The Morgan fingerprint density at radius 3 is 2.63 bits per heavy atom. The zero-order chi connectivity index (χ0) is 13.7. The summed E-state index contributed by atoms with van der Waals surface area (Å²) in [5.74, 6) is 4.51. The van der Waals surface area contributed by atoms with Gasteiger partial charge in [0.2, 0.25) is 0 Å². The number of hydrogen-bond acceptors (Lipinski definition) is 3. The van der Waals surface area contributed by atoms with Gasteiger partial charge in [0.25, 0.3) is 0 Å². The fourth-order valence-corrected chi connectivity index (χ4v) is 4.94. The molecule has 2 atom stereocenters. The van der Waals surface area contributed by atoms with E-state index in [0.29, 0.717) is 0 Å². The van der Waals surface area contributed by atoms with Gasteiger partial charge in [-0.3, -0.25) is 0 Å². The second kappa shape index (κ2) is 7.90. The van der Waals surface area contributed by atoms with Crippen LogP contribution in [0.4, 0.5) is 0 Å². The highest BCUT2D eigenvalue weighted by Crippen LogP contribution is 2.33. The lowest BCUT2D eigenvalue weighted by atomic mass is 9.77. The third kappa shape index (κ3) is 4.37. The topological polar surface area (TPSA) is 15.3 Å². The van der Waals surface area contributed by atoms with Crippen molar-refractivity contribution in [2.45, 2.75) is 58.0 Å². The molecule has 0 aromatic carbocycles. The van der Waals surface area contributed by atoms with Crippen LogP contribution in [0.15, 0.2) is 0 Å². The summed E-state index contributed by atoms with van der Waals surface area (Å²) >= 11 is 2.15. The third-order valence-electron chi connectivity index (χ3n) is 5.06. The maximum atomic E-state index is 3.90. The van der Waals surface area contributed by atoms with Crippen molar-refractivity contribution in [1.82, 2.24) is 10.2 Å². The van der Waals surface area contributed by atoms with Crippen LogP contribution in [0.3, 0.4) is 0 Å². The van der Waals surface area contributed by atoms with Crippen molar-refractivity contribution in [3.8, 4) is 0 Å². The van der Waals surface area contributed by atoms with E-state index in [1.165, 1.54) is 56.7 Å². The number of likely N-dealkylation sites (N-methyl/N-ethyl adjacent to an activating group) is 1. The van der Waals surface area contributed by atoms with E-state index in [4.69, 9.17) is 0 Å². The molecule has 2 rings (SSSR count). The SMILES string of the molecule is CCCNC(C1CCC(C)CC1)C1CSCCN1C. The Bertz CT molecular complexity index is 251. The first-order valence-electron chi connectivity index (χ1n) is 8.23. The summed E-state index contributed by atoms with van der Waals surface area (Å²) in [7, 11) is 2.33. The van der Waals surface area contributed by atoms with E-state index < -0.39 is 0 Å². The van der Waals surface area contributed by atoms with Crippen molar-refractivity contribution in [2.75, 3.05) is 31.6 Å². The summed E-state index contributed by atoms with van der Waals surface area (Å²) in [5, 5.41) is 3.90. The number of thioether (sulfide) groups is 1. The van der Waals surface area contributed by atoms with Gasteiger partial charge in [0, 0.05) is 30.1 Å². The molecule has 2 aliphatic rings. The molecule has 0 spiro atoms. The van der Waals surface area contributed by atoms with E-state index in [1.54, 1.807) is 0 Å². The highest BCUT2D eigenvalue weighted by atomic mass is 32.2. The zero-order valence-electron chi connectivity index (χ0n) is 13.0. The van der Waals surface area contributed by atoms with Gasteiger partial charge in [0.1, 0.15) is 0 Å². The molecule has 1 N–H and O–H groups in total. The molecule has 2 unspecified atom stereocenters. The third-order valence-corrected chi connectivity index (χ3v) is 6.10. The van der Waals surface area contributed by atoms with E-state index in [0.717, 1.165) is 23.9 Å². The second-order valence-electron chi connectivity index (χ2n) is 6.62. The van der Waals surface area contributed by atoms with Gasteiger partial charge in [0.05, 0.1) is 0 Å². The highest BCUT2D eigenvalue weighted by Gasteiger charge is 2.34. The van der Waals surface area contributed by atoms with E-state index in [9.17, 15) is 0 Å². The van der Waals surface area contributed by atoms with Crippen molar-refractivity contribution in [3.63, 3.8) is 0 Å². The van der Waals surface area contributed by atoms with E-state index >= 15 is 0 Å². The molecule has 1 aliphatic heterocycles. The molecule has 0 amide bonds. The molecule has 19 heavy (non-hydrogen) atoms. The molecule has 0 bridgehead atoms. The molecule has 0 aromatic heterocycles. The van der Waals surface area contributed by atoms with Crippen molar-refractivity contribution < 1.29 is 0 Å². The normalized spacial score (nSPS) is 35.2. The molecule has 1 aliphatic carbocycles. The van der Waals surface area contributed by atoms with Crippen molar-refractivity contribution in [2.24, 2.45) is 11.8 Å². The van der Waals surface area contributed by atoms with Crippen LogP contribution in [0.25, 0.3) is 0 Å². The summed E-state index contributed by atoms with van der Waals surface area (Å²) < 4.78 is 0. The van der Waals surface area contributed by atoms with Crippen LogP contribution in [-0.2, 0) is 0 Å². The van der Waals surface area contributed by atoms with Gasteiger partial charge in [-0.15, -0.1) is 0 Å². The Labute approximate surface area is 124 Å². The van der Waals surface area contributed by atoms with Crippen molar-refractivity contribution >= 4 is 11.8 Å². The van der Waals surface area contributed by atoms with Crippen LogP contribution in [0.5, 0.6) is 0 Å². The molecule has 0 radical (unpaired) electrons. The number of nitrogens with one attached hydrogen (secondary N) is 1. The zero-order valence-corrected chi connectivity index (χ0v) is 13.8. The monoisotopic (exact) mass is 284 g/mol. The molecule has 112 valence electrons. The Balaban J connectivity index is 1.97. The lowest BCUT2D eigenvalue weighted by Crippen LogP contribution is -2.56. The fraction of sp³-hybridized carbons (Fsp3) is 1.00. The van der Waals surface area contributed by atoms with Gasteiger partial charge in [0.15, 0.2) is 0 Å². The molecule has 1 saturated heterocycles. The van der Waals surface area contributed by atoms with Crippen molar-refractivity contribution in [3.05, 3.63) is 0 Å². The molecular weight excluding hydrogens is 252 g/mol. The quantitative estimate of drug-likeness (QED) is 0.834. The maximum Gasteiger partial charge on any atom is 0.0339 e. The second-order valence-corrected chi connectivity index (χ2v) is 7.77. The van der Waals surface area contributed by atoms with E-state index in [1.807, 2.05) is 0 Å². The standard InChI is InChI=1S/C16H32N2S/c1-4-9-17-16(14-7-5-13(2)6-8-14)15-12-19-11-10-18(15)3/h13-17H,4-12H2,1-3H3. The van der Waals surface area contributed by atoms with Gasteiger partial charge in [-0.2, -0.15) is 11.8 Å². The lowest BCUT2D eigenvalue weighted by molar-refractivity contribution is 0.139. The largest absolute Gasteiger partial charge is 0.312 e. The summed E-state index contributed by atoms with van der Waals surface area (Å²) in [6.45, 7) is 7.16. The molecule has 1 saturated carbocycles. The van der Waals surface area contributed by atoms with Gasteiger partial charge in [-0.25, -0.2) is 0 Å². The Morgan fingerprint density at radius 1 is 1.26 bits per heavy atom. The van der Waals surface area contributed by atoms with Crippen LogP contribution >= 0.6 is 11.8 Å². The van der Waals surface area contributed by atoms with Gasteiger partial charge < -0.3 is 10.2 Å². The minimum atomic E-state index is 0.727. The van der Waals surface area contributed by atoms with Crippen LogP contribution < -0.4 is 5.32 Å². The Hall–Kier alpha value is 0.270. The first kappa shape index (κ1) is 15.7. The fourth-order valence-electron chi connectivity index (χ4n) is 3.66. The van der Waals surface area contributed by atoms with E-state index in [2.05, 4.69) is 42.9 Å². The average molecular weight is 285 g/mol. The molecule has 0 aromatic rings. The number of nitrogens with zero attached hydrogens (tertiary/aromatic N) is 1. The summed E-state index contributed by atoms with van der Waals surface area (Å²) in [5.41, 5.74) is 0. The number of hydrogen-bond donors (Lipinski definition) is 1. The molecular formula is C16H32N2S. The summed E-state index contributed by atoms with van der Waals surface area (Å²) in [6.07, 6.45) is 7.02. The average Bonchev–Trinajstić information content (AvgIpc) is 2.43. The number of rotatable bonds is 5. The van der Waals surface area contributed by atoms with E-state index in [-0.39, 0.29) is 0 Å². The smallest absolute Gasteiger partial charge is 0.0339 e. The van der Waals surface area contributed by atoms with Gasteiger partial charge >= 0.3 is 0 Å². The first-order valence-corrected chi connectivity index (χ1v) is 9.39. The van der Waals surface area contributed by atoms with Crippen LogP contribution in [0.1, 0.15) is 46.0 Å². The minimum absolute atomic E-state index is 0.727. The predicted molar refractivity (Wildman–Crippen MR) is 86.9 cm³/mol. The Kier molecular flexibility index (Phi) is 6.51. The van der Waals surface area contributed by atoms with Gasteiger partial charge in [-0.05, 0) is 44.7 Å². The first-order chi connectivity index (χ1) is 9.22. The van der Waals surface area contributed by atoms with Crippen molar-refractivity contribution in [1.29, 1.82) is 0 Å². The minimum Gasteiger partial charge on any atom is -0.312 e. The summed E-state index contributed by atoms with van der Waals surface area (Å²) in [6, 6.07) is 1.48. The maximum absolute atomic E-state index is 3.90. The molecule has 2 nitrogen and oxygen atoms in total.